The average Bonchev–Trinajstić information content (AvgIpc) is 3.45. The lowest BCUT2D eigenvalue weighted by Gasteiger charge is -2.28. The van der Waals surface area contributed by atoms with Crippen molar-refractivity contribution < 1.29 is 0 Å². The summed E-state index contributed by atoms with van der Waals surface area (Å²) in [7, 11) is 0. The first kappa shape index (κ1) is 23.5. The molecule has 0 atom stereocenters. The van der Waals surface area contributed by atoms with E-state index in [9.17, 15) is 0 Å². The van der Waals surface area contributed by atoms with Gasteiger partial charge in [0.2, 0.25) is 0 Å². The topological polar surface area (TPSA) is 3.24 Å². The van der Waals surface area contributed by atoms with Crippen LogP contribution in [-0.4, -0.2) is 0 Å². The number of hydrogen-bond acceptors (Lipinski definition) is 2. The van der Waals surface area contributed by atoms with Crippen molar-refractivity contribution in [3.8, 4) is 0 Å². The highest BCUT2D eigenvalue weighted by Crippen LogP contribution is 2.50. The SMILES string of the molecule is c1ccc(N(c2cc3ccc4ccccc4c3c3ccccc23)c2cc3ccccc3c3c2sc2ccccc23)cc1. The molecule has 1 heterocycles. The van der Waals surface area contributed by atoms with E-state index in [4.69, 9.17) is 0 Å². The zero-order chi connectivity index (χ0) is 27.6. The Labute approximate surface area is 247 Å². The van der Waals surface area contributed by atoms with Gasteiger partial charge in [-0.25, -0.2) is 0 Å². The fourth-order valence-electron chi connectivity index (χ4n) is 6.75. The first-order valence-electron chi connectivity index (χ1n) is 14.4. The van der Waals surface area contributed by atoms with Gasteiger partial charge in [-0.05, 0) is 68.0 Å². The van der Waals surface area contributed by atoms with E-state index in [-0.39, 0.29) is 0 Å². The van der Waals surface area contributed by atoms with E-state index in [1.807, 2.05) is 11.3 Å². The Bertz CT molecular complexity index is 2470. The number of rotatable bonds is 3. The Balaban J connectivity index is 1.46. The highest BCUT2D eigenvalue weighted by atomic mass is 32.1. The molecule has 0 saturated heterocycles. The maximum Gasteiger partial charge on any atom is 0.0647 e. The highest BCUT2D eigenvalue weighted by molar-refractivity contribution is 7.26. The van der Waals surface area contributed by atoms with Gasteiger partial charge in [0.05, 0.1) is 16.1 Å². The maximum absolute atomic E-state index is 2.49. The second-order valence-corrected chi connectivity index (χ2v) is 12.0. The third-order valence-corrected chi connectivity index (χ3v) is 9.77. The van der Waals surface area contributed by atoms with Crippen LogP contribution in [0, 0.1) is 0 Å². The van der Waals surface area contributed by atoms with Crippen molar-refractivity contribution in [3.63, 3.8) is 0 Å². The molecule has 0 unspecified atom stereocenters. The molecule has 0 radical (unpaired) electrons. The van der Waals surface area contributed by atoms with Crippen LogP contribution in [0.15, 0.2) is 152 Å². The van der Waals surface area contributed by atoms with Crippen LogP contribution in [-0.2, 0) is 0 Å². The average molecular weight is 552 g/mol. The minimum atomic E-state index is 1.15. The van der Waals surface area contributed by atoms with E-state index in [2.05, 4.69) is 157 Å². The summed E-state index contributed by atoms with van der Waals surface area (Å²) in [5.74, 6) is 0. The van der Waals surface area contributed by atoms with Crippen LogP contribution in [0.25, 0.3) is 63.3 Å². The summed E-state index contributed by atoms with van der Waals surface area (Å²) in [6.45, 7) is 0. The smallest absolute Gasteiger partial charge is 0.0647 e. The van der Waals surface area contributed by atoms with E-state index in [0.29, 0.717) is 0 Å². The van der Waals surface area contributed by atoms with Crippen molar-refractivity contribution in [1.29, 1.82) is 0 Å². The van der Waals surface area contributed by atoms with Crippen molar-refractivity contribution in [2.75, 3.05) is 4.90 Å². The molecule has 8 aromatic carbocycles. The third-order valence-electron chi connectivity index (χ3n) is 8.57. The fraction of sp³-hybridized carbons (Fsp3) is 0. The first-order valence-corrected chi connectivity index (χ1v) is 15.2. The van der Waals surface area contributed by atoms with E-state index in [0.717, 1.165) is 5.69 Å². The van der Waals surface area contributed by atoms with Crippen molar-refractivity contribution in [3.05, 3.63) is 152 Å². The van der Waals surface area contributed by atoms with Crippen LogP contribution < -0.4 is 4.90 Å². The molecule has 0 fully saturated rings. The van der Waals surface area contributed by atoms with E-state index >= 15 is 0 Å². The van der Waals surface area contributed by atoms with Gasteiger partial charge in [0.25, 0.3) is 0 Å². The molecule has 196 valence electrons. The highest BCUT2D eigenvalue weighted by Gasteiger charge is 2.22. The Morgan fingerprint density at radius 2 is 0.952 bits per heavy atom. The van der Waals surface area contributed by atoms with Gasteiger partial charge in [-0.3, -0.25) is 0 Å². The van der Waals surface area contributed by atoms with Gasteiger partial charge < -0.3 is 4.90 Å². The molecule has 9 rings (SSSR count). The second kappa shape index (κ2) is 9.17. The Kier molecular flexibility index (Phi) is 5.13. The lowest BCUT2D eigenvalue weighted by molar-refractivity contribution is 1.32. The van der Waals surface area contributed by atoms with Crippen molar-refractivity contribution >= 4 is 91.7 Å². The quantitative estimate of drug-likeness (QED) is 0.197. The standard InChI is InChI=1S/C40H25NS/c1-2-14-29(15-3-1)41(36-24-27-13-5-7-17-31(27)39-34-20-10-11-21-37(34)42-40(36)39)35-25-28-23-22-26-12-4-6-16-30(26)38(28)33-19-9-8-18-32(33)35/h1-25H. The summed E-state index contributed by atoms with van der Waals surface area (Å²) >= 11 is 1.89. The van der Waals surface area contributed by atoms with Gasteiger partial charge in [0.1, 0.15) is 0 Å². The predicted octanol–water partition coefficient (Wildman–Crippen LogP) is 12.1. The van der Waals surface area contributed by atoms with Crippen LogP contribution in [0.5, 0.6) is 0 Å². The monoisotopic (exact) mass is 551 g/mol. The summed E-state index contributed by atoms with van der Waals surface area (Å²) < 4.78 is 2.62. The number of thiophene rings is 1. The van der Waals surface area contributed by atoms with Gasteiger partial charge in [-0.1, -0.05) is 121 Å². The molecule has 0 spiro atoms. The Hall–Kier alpha value is -5.18. The van der Waals surface area contributed by atoms with Gasteiger partial charge in [0.15, 0.2) is 0 Å². The fourth-order valence-corrected chi connectivity index (χ4v) is 7.97. The summed E-state index contributed by atoms with van der Waals surface area (Å²) in [5.41, 5.74) is 3.55. The Morgan fingerprint density at radius 1 is 0.381 bits per heavy atom. The van der Waals surface area contributed by atoms with E-state index < -0.39 is 0 Å². The molecule has 0 amide bonds. The van der Waals surface area contributed by atoms with Crippen molar-refractivity contribution in [1.82, 2.24) is 0 Å². The molecule has 1 aromatic heterocycles. The molecule has 0 aliphatic carbocycles. The molecule has 42 heavy (non-hydrogen) atoms. The summed E-state index contributed by atoms with van der Waals surface area (Å²) in [6.07, 6.45) is 0. The zero-order valence-corrected chi connectivity index (χ0v) is 23.6. The molecule has 0 aliphatic rings. The normalized spacial score (nSPS) is 11.8. The third kappa shape index (κ3) is 3.43. The molecule has 2 heteroatoms. The molecule has 0 bridgehead atoms. The number of para-hydroxylation sites is 1. The molecular formula is C40H25NS. The van der Waals surface area contributed by atoms with Crippen LogP contribution in [0.3, 0.4) is 0 Å². The van der Waals surface area contributed by atoms with E-state index in [1.165, 1.54) is 74.6 Å². The number of benzene rings is 8. The van der Waals surface area contributed by atoms with Gasteiger partial charge in [-0.15, -0.1) is 11.3 Å². The Morgan fingerprint density at radius 3 is 1.76 bits per heavy atom. The van der Waals surface area contributed by atoms with Crippen molar-refractivity contribution in [2.45, 2.75) is 0 Å². The second-order valence-electron chi connectivity index (χ2n) is 10.9. The molecular weight excluding hydrogens is 527 g/mol. The number of fused-ring (bicyclic) bond motifs is 10. The van der Waals surface area contributed by atoms with Gasteiger partial charge in [-0.2, -0.15) is 0 Å². The predicted molar refractivity (Wildman–Crippen MR) is 184 cm³/mol. The van der Waals surface area contributed by atoms with Crippen LogP contribution in [0.4, 0.5) is 17.1 Å². The lowest BCUT2D eigenvalue weighted by Crippen LogP contribution is -2.11. The summed E-state index contributed by atoms with van der Waals surface area (Å²) in [6, 6.07) is 55.4. The van der Waals surface area contributed by atoms with Crippen LogP contribution in [0.2, 0.25) is 0 Å². The first-order chi connectivity index (χ1) is 20.8. The number of hydrogen-bond donors (Lipinski definition) is 0. The largest absolute Gasteiger partial charge is 0.308 e. The minimum Gasteiger partial charge on any atom is -0.308 e. The summed E-state index contributed by atoms with van der Waals surface area (Å²) in [4.78, 5) is 2.49. The van der Waals surface area contributed by atoms with Crippen LogP contribution >= 0.6 is 11.3 Å². The molecule has 0 saturated carbocycles. The zero-order valence-electron chi connectivity index (χ0n) is 22.8. The van der Waals surface area contributed by atoms with E-state index in [1.54, 1.807) is 0 Å². The molecule has 1 nitrogen and oxygen atoms in total. The van der Waals surface area contributed by atoms with Gasteiger partial charge >= 0.3 is 0 Å². The van der Waals surface area contributed by atoms with Crippen molar-refractivity contribution in [2.24, 2.45) is 0 Å². The maximum atomic E-state index is 2.49. The molecule has 9 aromatic rings. The van der Waals surface area contributed by atoms with Crippen LogP contribution in [0.1, 0.15) is 0 Å². The molecule has 0 N–H and O–H groups in total. The molecule has 0 aliphatic heterocycles. The van der Waals surface area contributed by atoms with Gasteiger partial charge in [0, 0.05) is 26.5 Å². The summed E-state index contributed by atoms with van der Waals surface area (Å²) in [5, 5.41) is 12.8. The number of anilines is 3. The minimum absolute atomic E-state index is 1.15. The lowest BCUT2D eigenvalue weighted by atomic mass is 9.94. The number of nitrogens with zero attached hydrogens (tertiary/aromatic N) is 1.